The second kappa shape index (κ2) is 8.53. The molecule has 0 radical (unpaired) electrons. The highest BCUT2D eigenvalue weighted by Gasteiger charge is 2.20. The molecule has 0 aliphatic heterocycles. The van der Waals surface area contributed by atoms with Crippen LogP contribution in [0.25, 0.3) is 0 Å². The Bertz CT molecular complexity index is 948. The smallest absolute Gasteiger partial charge is 0.269 e. The van der Waals surface area contributed by atoms with E-state index in [9.17, 15) is 10.1 Å². The number of hydrogen-bond donors (Lipinski definition) is 1. The normalized spacial score (nSPS) is 11.8. The molecule has 1 aromatic heterocycles. The molecule has 0 aliphatic carbocycles. The quantitative estimate of drug-likeness (QED) is 0.475. The summed E-state index contributed by atoms with van der Waals surface area (Å²) in [4.78, 5) is 15.1. The Morgan fingerprint density at radius 2 is 1.89 bits per heavy atom. The van der Waals surface area contributed by atoms with E-state index in [1.54, 1.807) is 38.6 Å². The van der Waals surface area contributed by atoms with Gasteiger partial charge in [0.25, 0.3) is 5.69 Å². The molecule has 0 saturated heterocycles. The Morgan fingerprint density at radius 3 is 2.46 bits per heavy atom. The number of aryl methyl sites for hydroxylation is 1. The van der Waals surface area contributed by atoms with Gasteiger partial charge < -0.3 is 14.0 Å². The molecule has 3 rings (SSSR count). The Hall–Kier alpha value is -3.39. The molecule has 0 spiro atoms. The van der Waals surface area contributed by atoms with Crippen molar-refractivity contribution in [3.63, 3.8) is 0 Å². The van der Waals surface area contributed by atoms with Gasteiger partial charge in [-0.1, -0.05) is 12.1 Å². The highest BCUT2D eigenvalue weighted by molar-refractivity contribution is 5.42. The zero-order chi connectivity index (χ0) is 20.1. The van der Waals surface area contributed by atoms with Crippen LogP contribution in [0.1, 0.15) is 23.0 Å². The number of nitro groups is 1. The van der Waals surface area contributed by atoms with Crippen LogP contribution in [0.5, 0.6) is 11.5 Å². The maximum absolute atomic E-state index is 11.0. The van der Waals surface area contributed by atoms with Gasteiger partial charge in [-0.05, 0) is 23.3 Å². The van der Waals surface area contributed by atoms with E-state index in [0.29, 0.717) is 18.0 Å². The molecule has 0 aliphatic rings. The van der Waals surface area contributed by atoms with E-state index in [4.69, 9.17) is 9.47 Å². The summed E-state index contributed by atoms with van der Waals surface area (Å²) in [5.74, 6) is 2.15. The van der Waals surface area contributed by atoms with Crippen LogP contribution < -0.4 is 14.8 Å². The van der Waals surface area contributed by atoms with Gasteiger partial charge in [0.15, 0.2) is 0 Å². The molecule has 0 bridgehead atoms. The number of imidazole rings is 1. The molecule has 8 nitrogen and oxygen atoms in total. The van der Waals surface area contributed by atoms with Crippen LogP contribution in [0.2, 0.25) is 0 Å². The molecule has 8 heteroatoms. The first-order valence-corrected chi connectivity index (χ1v) is 8.68. The summed E-state index contributed by atoms with van der Waals surface area (Å²) in [6.45, 7) is 0.429. The lowest BCUT2D eigenvalue weighted by Gasteiger charge is -2.20. The van der Waals surface area contributed by atoms with Crippen molar-refractivity contribution in [2.75, 3.05) is 14.2 Å². The van der Waals surface area contributed by atoms with Crippen LogP contribution in [0.3, 0.4) is 0 Å². The van der Waals surface area contributed by atoms with Crippen molar-refractivity contribution in [2.24, 2.45) is 7.05 Å². The topological polar surface area (TPSA) is 91.4 Å². The van der Waals surface area contributed by atoms with Crippen LogP contribution in [0.15, 0.2) is 54.9 Å². The van der Waals surface area contributed by atoms with E-state index in [-0.39, 0.29) is 11.7 Å². The maximum atomic E-state index is 11.0. The van der Waals surface area contributed by atoms with Crippen LogP contribution in [-0.2, 0) is 13.6 Å². The fourth-order valence-corrected chi connectivity index (χ4v) is 3.01. The Kier molecular flexibility index (Phi) is 5.90. The molecule has 0 saturated carbocycles. The Balaban J connectivity index is 1.94. The standard InChI is InChI=1S/C20H22N4O4/c1-23-8-7-21-20(23)19(15-10-17(27-2)12-18(11-15)28-3)22-13-14-5-4-6-16(9-14)24(25)26/h4-12,19,22H,13H2,1-3H3. The minimum Gasteiger partial charge on any atom is -0.497 e. The number of non-ortho nitro benzene ring substituents is 1. The lowest BCUT2D eigenvalue weighted by molar-refractivity contribution is -0.384. The molecule has 2 aromatic carbocycles. The van der Waals surface area contributed by atoms with Crippen molar-refractivity contribution in [2.45, 2.75) is 12.6 Å². The van der Waals surface area contributed by atoms with Crippen LogP contribution in [0.4, 0.5) is 5.69 Å². The highest BCUT2D eigenvalue weighted by Crippen LogP contribution is 2.29. The minimum atomic E-state index is -0.396. The first kappa shape index (κ1) is 19.4. The first-order valence-electron chi connectivity index (χ1n) is 8.68. The maximum Gasteiger partial charge on any atom is 0.269 e. The van der Waals surface area contributed by atoms with E-state index in [1.807, 2.05) is 36.0 Å². The van der Waals surface area contributed by atoms with E-state index < -0.39 is 4.92 Å². The lowest BCUT2D eigenvalue weighted by atomic mass is 10.0. The molecule has 1 unspecified atom stereocenters. The zero-order valence-electron chi connectivity index (χ0n) is 16.0. The third kappa shape index (κ3) is 4.29. The van der Waals surface area contributed by atoms with Crippen molar-refractivity contribution in [1.29, 1.82) is 0 Å². The van der Waals surface area contributed by atoms with Gasteiger partial charge in [-0.25, -0.2) is 4.98 Å². The number of hydrogen-bond acceptors (Lipinski definition) is 6. The summed E-state index contributed by atoms with van der Waals surface area (Å²) in [6, 6.07) is 12.0. The Morgan fingerprint density at radius 1 is 1.18 bits per heavy atom. The average Bonchev–Trinajstić information content (AvgIpc) is 3.13. The molecule has 0 fully saturated rings. The monoisotopic (exact) mass is 382 g/mol. The lowest BCUT2D eigenvalue weighted by Crippen LogP contribution is -2.25. The third-order valence-electron chi connectivity index (χ3n) is 4.46. The second-order valence-electron chi connectivity index (χ2n) is 6.28. The summed E-state index contributed by atoms with van der Waals surface area (Å²) >= 11 is 0. The molecular formula is C20H22N4O4. The van der Waals surface area contributed by atoms with E-state index in [2.05, 4.69) is 10.3 Å². The van der Waals surface area contributed by atoms with Gasteiger partial charge >= 0.3 is 0 Å². The number of nitrogens with one attached hydrogen (secondary N) is 1. The number of aromatic nitrogens is 2. The summed E-state index contributed by atoms with van der Waals surface area (Å²) < 4.78 is 12.7. The van der Waals surface area contributed by atoms with Gasteiger partial charge in [0, 0.05) is 44.2 Å². The van der Waals surface area contributed by atoms with E-state index in [1.165, 1.54) is 6.07 Å². The van der Waals surface area contributed by atoms with Gasteiger partial charge in [-0.15, -0.1) is 0 Å². The summed E-state index contributed by atoms with van der Waals surface area (Å²) in [6.07, 6.45) is 3.60. The number of nitrogens with zero attached hydrogens (tertiary/aromatic N) is 3. The van der Waals surface area contributed by atoms with Gasteiger partial charge in [0.1, 0.15) is 17.3 Å². The number of ether oxygens (including phenoxy) is 2. The predicted molar refractivity (Wildman–Crippen MR) is 105 cm³/mol. The average molecular weight is 382 g/mol. The highest BCUT2D eigenvalue weighted by atomic mass is 16.6. The predicted octanol–water partition coefficient (Wildman–Crippen LogP) is 3.22. The van der Waals surface area contributed by atoms with Gasteiger partial charge in [-0.3, -0.25) is 15.4 Å². The second-order valence-corrected chi connectivity index (χ2v) is 6.28. The molecule has 146 valence electrons. The molecular weight excluding hydrogens is 360 g/mol. The number of rotatable bonds is 8. The number of benzene rings is 2. The summed E-state index contributed by atoms with van der Waals surface area (Å²) in [5, 5.41) is 14.5. The molecule has 3 aromatic rings. The molecule has 28 heavy (non-hydrogen) atoms. The zero-order valence-corrected chi connectivity index (χ0v) is 16.0. The van der Waals surface area contributed by atoms with Crippen molar-refractivity contribution in [3.05, 3.63) is 81.9 Å². The van der Waals surface area contributed by atoms with Crippen molar-refractivity contribution in [1.82, 2.24) is 14.9 Å². The van der Waals surface area contributed by atoms with Crippen LogP contribution >= 0.6 is 0 Å². The molecule has 0 amide bonds. The van der Waals surface area contributed by atoms with E-state index >= 15 is 0 Å². The summed E-state index contributed by atoms with van der Waals surface area (Å²) in [7, 11) is 5.12. The fourth-order valence-electron chi connectivity index (χ4n) is 3.01. The largest absolute Gasteiger partial charge is 0.497 e. The molecule has 1 atom stereocenters. The van der Waals surface area contributed by atoms with Crippen molar-refractivity contribution in [3.8, 4) is 11.5 Å². The first-order chi connectivity index (χ1) is 13.5. The van der Waals surface area contributed by atoms with Crippen LogP contribution in [0, 0.1) is 10.1 Å². The van der Waals surface area contributed by atoms with Gasteiger partial charge in [-0.2, -0.15) is 0 Å². The van der Waals surface area contributed by atoms with Gasteiger partial charge in [0.2, 0.25) is 0 Å². The van der Waals surface area contributed by atoms with E-state index in [0.717, 1.165) is 17.0 Å². The van der Waals surface area contributed by atoms with Gasteiger partial charge in [0.05, 0.1) is 25.2 Å². The summed E-state index contributed by atoms with van der Waals surface area (Å²) in [5.41, 5.74) is 1.79. The molecule has 1 heterocycles. The Labute approximate surface area is 162 Å². The van der Waals surface area contributed by atoms with Crippen molar-refractivity contribution >= 4 is 5.69 Å². The van der Waals surface area contributed by atoms with Crippen molar-refractivity contribution < 1.29 is 14.4 Å². The SMILES string of the molecule is COc1cc(OC)cc(C(NCc2cccc([N+](=O)[O-])c2)c2nccn2C)c1. The third-order valence-corrected chi connectivity index (χ3v) is 4.46. The number of methoxy groups -OCH3 is 2. The van der Waals surface area contributed by atoms with Crippen LogP contribution in [-0.4, -0.2) is 28.7 Å². The minimum absolute atomic E-state index is 0.0656. The molecule has 1 N–H and O–H groups in total. The number of nitro benzene ring substituents is 1. The fraction of sp³-hybridized carbons (Fsp3) is 0.250.